The van der Waals surface area contributed by atoms with Gasteiger partial charge in [0.15, 0.2) is 5.78 Å². The van der Waals surface area contributed by atoms with Crippen molar-refractivity contribution in [2.75, 3.05) is 11.9 Å². The molecule has 1 aliphatic rings. The first-order chi connectivity index (χ1) is 14.4. The van der Waals surface area contributed by atoms with Gasteiger partial charge in [-0.05, 0) is 31.2 Å². The van der Waals surface area contributed by atoms with E-state index in [1.54, 1.807) is 18.2 Å². The van der Waals surface area contributed by atoms with E-state index < -0.39 is 38.3 Å². The number of benzene rings is 2. The highest BCUT2D eigenvalue weighted by Crippen LogP contribution is 2.32. The normalized spacial score (nSPS) is 15.9. The molecule has 0 unspecified atom stereocenters. The summed E-state index contributed by atoms with van der Waals surface area (Å²) in [6, 6.07) is 11.9. The van der Waals surface area contributed by atoms with Crippen LogP contribution in [0, 0.1) is 0 Å². The van der Waals surface area contributed by atoms with Crippen LogP contribution in [0.1, 0.15) is 27.6 Å². The summed E-state index contributed by atoms with van der Waals surface area (Å²) >= 11 is 17.9. The Morgan fingerprint density at radius 3 is 2.39 bits per heavy atom. The Bertz CT molecular complexity index is 1160. The molecule has 8 nitrogen and oxygen atoms in total. The van der Waals surface area contributed by atoms with E-state index in [4.69, 9.17) is 34.8 Å². The number of fused-ring (bicyclic) bond motifs is 1. The van der Waals surface area contributed by atoms with Crippen LogP contribution in [0.2, 0.25) is 0 Å². The Morgan fingerprint density at radius 1 is 1.10 bits per heavy atom. The summed E-state index contributed by atoms with van der Waals surface area (Å²) in [7, 11) is -4.17. The number of amides is 2. The molecule has 0 fully saturated rings. The Kier molecular flexibility index (Phi) is 6.52. The molecule has 0 saturated carbocycles. The molecule has 0 aliphatic carbocycles. The molecular weight excluding hydrogens is 489 g/mol. The van der Waals surface area contributed by atoms with Crippen LogP contribution in [0.25, 0.3) is 0 Å². The maximum absolute atomic E-state index is 12.6. The molecule has 31 heavy (non-hydrogen) atoms. The minimum absolute atomic E-state index is 0.0209. The lowest BCUT2D eigenvalue weighted by Gasteiger charge is -2.28. The summed E-state index contributed by atoms with van der Waals surface area (Å²) in [5.41, 5.74) is 0.750. The molecule has 3 rings (SSSR count). The van der Waals surface area contributed by atoms with Gasteiger partial charge in [-0.3, -0.25) is 14.4 Å². The van der Waals surface area contributed by atoms with Crippen LogP contribution in [0.4, 0.5) is 5.69 Å². The lowest BCUT2D eigenvalue weighted by molar-refractivity contribution is -0.121. The minimum Gasteiger partial charge on any atom is -0.362 e. The molecule has 1 heterocycles. The van der Waals surface area contributed by atoms with Gasteiger partial charge in [0.2, 0.25) is 9.70 Å². The second kappa shape index (κ2) is 8.66. The second-order valence-corrected chi connectivity index (χ2v) is 10.8. The van der Waals surface area contributed by atoms with E-state index in [1.165, 1.54) is 37.3 Å². The average Bonchev–Trinajstić information content (AvgIpc) is 2.88. The number of Topliss-reactive ketones (excluding diaryl/α,β-unsaturated/α-hetero) is 1. The number of nitrogens with zero attached hydrogens (tertiary/aromatic N) is 1. The SMILES string of the molecule is CC(=O)c1cccc(N[C@@H](NC(=O)CN2C(=O)c3ccccc3S2(=O)=O)C(Cl)(Cl)Cl)c1. The van der Waals surface area contributed by atoms with Gasteiger partial charge in [0.1, 0.15) is 17.6 Å². The second-order valence-electron chi connectivity index (χ2n) is 6.64. The number of hydrogen-bond donors (Lipinski definition) is 2. The molecule has 2 N–H and O–H groups in total. The molecule has 0 bridgehead atoms. The van der Waals surface area contributed by atoms with E-state index in [9.17, 15) is 22.8 Å². The summed E-state index contributed by atoms with van der Waals surface area (Å²) in [4.78, 5) is 36.4. The van der Waals surface area contributed by atoms with Gasteiger partial charge in [0.05, 0.1) is 5.56 Å². The quantitative estimate of drug-likeness (QED) is 0.355. The first-order valence-electron chi connectivity index (χ1n) is 8.81. The Hall–Kier alpha value is -2.33. The van der Waals surface area contributed by atoms with Crippen LogP contribution in [-0.2, 0) is 14.8 Å². The molecule has 0 radical (unpaired) electrons. The third kappa shape index (κ3) is 4.95. The fourth-order valence-corrected chi connectivity index (χ4v) is 4.77. The summed E-state index contributed by atoms with van der Waals surface area (Å²) in [6.45, 7) is 0.584. The van der Waals surface area contributed by atoms with E-state index >= 15 is 0 Å². The van der Waals surface area contributed by atoms with Gasteiger partial charge in [-0.25, -0.2) is 12.7 Å². The zero-order chi connectivity index (χ0) is 23.0. The largest absolute Gasteiger partial charge is 0.362 e. The molecule has 1 aliphatic heterocycles. The van der Waals surface area contributed by atoms with E-state index in [-0.39, 0.29) is 16.2 Å². The number of nitrogens with one attached hydrogen (secondary N) is 2. The Balaban J connectivity index is 1.77. The number of hydrogen-bond acceptors (Lipinski definition) is 6. The molecule has 2 aromatic carbocycles. The van der Waals surface area contributed by atoms with Gasteiger partial charge in [-0.2, -0.15) is 0 Å². The van der Waals surface area contributed by atoms with E-state index in [0.29, 0.717) is 15.6 Å². The average molecular weight is 505 g/mol. The van der Waals surface area contributed by atoms with Gasteiger partial charge in [0, 0.05) is 11.3 Å². The van der Waals surface area contributed by atoms with Crippen LogP contribution in [-0.4, -0.2) is 46.8 Å². The number of alkyl halides is 3. The van der Waals surface area contributed by atoms with Gasteiger partial charge < -0.3 is 10.6 Å². The highest BCUT2D eigenvalue weighted by Gasteiger charge is 2.42. The molecule has 0 aromatic heterocycles. The van der Waals surface area contributed by atoms with E-state index in [1.807, 2.05) is 0 Å². The maximum Gasteiger partial charge on any atom is 0.269 e. The number of carbonyl (C=O) groups is 3. The van der Waals surface area contributed by atoms with Crippen LogP contribution in [0.3, 0.4) is 0 Å². The zero-order valence-electron chi connectivity index (χ0n) is 15.9. The van der Waals surface area contributed by atoms with Crippen molar-refractivity contribution in [1.82, 2.24) is 9.62 Å². The summed E-state index contributed by atoms with van der Waals surface area (Å²) < 4.78 is 23.6. The van der Waals surface area contributed by atoms with Crippen molar-refractivity contribution in [2.45, 2.75) is 21.8 Å². The fraction of sp³-hybridized carbons (Fsp3) is 0.211. The summed E-state index contributed by atoms with van der Waals surface area (Å²) in [6.07, 6.45) is -1.30. The molecule has 2 amide bonds. The molecule has 0 saturated heterocycles. The number of halogens is 3. The van der Waals surface area contributed by atoms with E-state index in [2.05, 4.69) is 10.6 Å². The zero-order valence-corrected chi connectivity index (χ0v) is 19.0. The number of anilines is 1. The predicted octanol–water partition coefficient (Wildman–Crippen LogP) is 2.96. The first-order valence-corrected chi connectivity index (χ1v) is 11.4. The predicted molar refractivity (Wildman–Crippen MR) is 117 cm³/mol. The molecule has 2 aromatic rings. The van der Waals surface area contributed by atoms with Crippen LogP contribution >= 0.6 is 34.8 Å². The van der Waals surface area contributed by atoms with Crippen molar-refractivity contribution >= 4 is 68.1 Å². The van der Waals surface area contributed by atoms with Crippen molar-refractivity contribution in [2.24, 2.45) is 0 Å². The smallest absolute Gasteiger partial charge is 0.269 e. The van der Waals surface area contributed by atoms with Crippen molar-refractivity contribution in [3.63, 3.8) is 0 Å². The molecule has 0 spiro atoms. The summed E-state index contributed by atoms with van der Waals surface area (Å²) in [5.74, 6) is -1.88. The van der Waals surface area contributed by atoms with Crippen LogP contribution in [0.15, 0.2) is 53.4 Å². The lowest BCUT2D eigenvalue weighted by atomic mass is 10.1. The summed E-state index contributed by atoms with van der Waals surface area (Å²) in [5, 5.41) is 5.16. The molecule has 1 atom stereocenters. The monoisotopic (exact) mass is 503 g/mol. The van der Waals surface area contributed by atoms with Crippen molar-refractivity contribution in [3.05, 3.63) is 59.7 Å². The topological polar surface area (TPSA) is 113 Å². The van der Waals surface area contributed by atoms with Crippen molar-refractivity contribution < 1.29 is 22.8 Å². The van der Waals surface area contributed by atoms with Crippen LogP contribution < -0.4 is 10.6 Å². The van der Waals surface area contributed by atoms with Gasteiger partial charge >= 0.3 is 0 Å². The number of sulfonamides is 1. The molecule has 164 valence electrons. The number of carbonyl (C=O) groups excluding carboxylic acids is 3. The lowest BCUT2D eigenvalue weighted by Crippen LogP contribution is -2.52. The Labute approximate surface area is 193 Å². The number of rotatable bonds is 6. The highest BCUT2D eigenvalue weighted by molar-refractivity contribution is 7.90. The maximum atomic E-state index is 12.6. The number of ketones is 1. The van der Waals surface area contributed by atoms with Crippen molar-refractivity contribution in [1.29, 1.82) is 0 Å². The standard InChI is InChI=1S/C19H16Cl3N3O5S/c1-11(26)12-5-4-6-13(9-12)23-18(19(20,21)22)24-16(27)10-25-17(28)14-7-2-3-8-15(14)31(25,29)30/h2-9,18,23H,10H2,1H3,(H,24,27)/t18-/m0/s1. The highest BCUT2D eigenvalue weighted by atomic mass is 35.6. The third-order valence-corrected chi connectivity index (χ3v) is 6.85. The van der Waals surface area contributed by atoms with Crippen molar-refractivity contribution in [3.8, 4) is 0 Å². The molecule has 12 heteroatoms. The first kappa shape index (κ1) is 23.3. The van der Waals surface area contributed by atoms with Gasteiger partial charge in [-0.15, -0.1) is 0 Å². The van der Waals surface area contributed by atoms with Gasteiger partial charge in [0.25, 0.3) is 15.9 Å². The van der Waals surface area contributed by atoms with Crippen LogP contribution in [0.5, 0.6) is 0 Å². The fourth-order valence-electron chi connectivity index (χ4n) is 2.92. The Morgan fingerprint density at radius 2 is 1.77 bits per heavy atom. The van der Waals surface area contributed by atoms with E-state index in [0.717, 1.165) is 0 Å². The van der Waals surface area contributed by atoms with Gasteiger partial charge in [-0.1, -0.05) is 59.1 Å². The minimum atomic E-state index is -4.17. The third-order valence-electron chi connectivity index (χ3n) is 4.41. The molecular formula is C19H16Cl3N3O5S.